The Morgan fingerprint density at radius 1 is 1.92 bits per heavy atom. The van der Waals surface area contributed by atoms with Crippen molar-refractivity contribution in [3.05, 3.63) is 25.0 Å². The first-order valence-corrected chi connectivity index (χ1v) is 3.32. The van der Waals surface area contributed by atoms with Crippen LogP contribution in [0.3, 0.4) is 0 Å². The largest absolute Gasteiger partial charge is 0.445 e. The average Bonchev–Trinajstić information content (AvgIpc) is 2.47. The zero-order chi connectivity index (χ0) is 8.97. The van der Waals surface area contributed by atoms with Crippen LogP contribution in [0, 0.1) is 0 Å². The molecular weight excluding hydrogens is 158 g/mol. The number of imidazole rings is 1. The second-order valence-corrected chi connectivity index (χ2v) is 2.02. The summed E-state index contributed by atoms with van der Waals surface area (Å²) in [5, 5.41) is 0. The normalized spacial score (nSPS) is 9.33. The number of carbonyl (C=O) groups excluding carboxylic acids is 1. The van der Waals surface area contributed by atoms with Gasteiger partial charge in [0, 0.05) is 12.4 Å². The van der Waals surface area contributed by atoms with Gasteiger partial charge in [0.15, 0.2) is 0 Å². The second kappa shape index (κ2) is 3.56. The van der Waals surface area contributed by atoms with Crippen molar-refractivity contribution in [3.63, 3.8) is 0 Å². The Labute approximate surface area is 69.5 Å². The summed E-state index contributed by atoms with van der Waals surface area (Å²) < 4.78 is 5.82. The maximum Gasteiger partial charge on any atom is 0.421 e. The molecule has 64 valence electrons. The predicted octanol–water partition coefficient (Wildman–Crippen LogP) is 0.636. The Bertz CT molecular complexity index is 293. The minimum absolute atomic E-state index is 0.115. The lowest BCUT2D eigenvalue weighted by molar-refractivity contribution is 0.160. The Balaban J connectivity index is 2.65. The minimum Gasteiger partial charge on any atom is -0.445 e. The number of ether oxygens (including phenoxy) is 1. The van der Waals surface area contributed by atoms with Crippen LogP contribution in [0.2, 0.25) is 0 Å². The highest BCUT2D eigenvalue weighted by atomic mass is 16.5. The fraction of sp³-hybridized carbons (Fsp3) is 0.143. The van der Waals surface area contributed by atoms with E-state index in [9.17, 15) is 4.79 Å². The van der Waals surface area contributed by atoms with Gasteiger partial charge in [-0.2, -0.15) is 0 Å². The van der Waals surface area contributed by atoms with Crippen molar-refractivity contribution >= 4 is 12.0 Å². The quantitative estimate of drug-likeness (QED) is 0.656. The van der Waals surface area contributed by atoms with Crippen LogP contribution >= 0.6 is 0 Å². The lowest BCUT2D eigenvalue weighted by Crippen LogP contribution is -2.15. The first-order chi connectivity index (χ1) is 5.75. The lowest BCUT2D eigenvalue weighted by Gasteiger charge is -2.02. The van der Waals surface area contributed by atoms with E-state index in [1.54, 1.807) is 0 Å². The van der Waals surface area contributed by atoms with Crippen LogP contribution in [-0.4, -0.2) is 22.3 Å². The molecule has 0 aromatic carbocycles. The summed E-state index contributed by atoms with van der Waals surface area (Å²) in [4.78, 5) is 14.7. The van der Waals surface area contributed by atoms with Crippen LogP contribution in [0.25, 0.3) is 0 Å². The summed E-state index contributed by atoms with van der Waals surface area (Å²) in [6.07, 6.45) is 3.78. The smallest absolute Gasteiger partial charge is 0.421 e. The minimum atomic E-state index is -0.551. The summed E-state index contributed by atoms with van der Waals surface area (Å²) in [6, 6.07) is 0. The Morgan fingerprint density at radius 2 is 2.67 bits per heavy atom. The molecule has 0 aliphatic rings. The molecule has 0 aliphatic heterocycles. The van der Waals surface area contributed by atoms with Crippen LogP contribution in [-0.2, 0) is 4.74 Å². The molecule has 5 nitrogen and oxygen atoms in total. The fourth-order valence-electron chi connectivity index (χ4n) is 0.669. The van der Waals surface area contributed by atoms with Gasteiger partial charge in [-0.15, -0.1) is 0 Å². The molecule has 1 heterocycles. The average molecular weight is 167 g/mol. The van der Waals surface area contributed by atoms with Crippen LogP contribution in [0.1, 0.15) is 0 Å². The van der Waals surface area contributed by atoms with Gasteiger partial charge in [-0.05, 0) is 0 Å². The molecule has 0 atom stereocenters. The highest BCUT2D eigenvalue weighted by Gasteiger charge is 2.07. The van der Waals surface area contributed by atoms with Crippen molar-refractivity contribution < 1.29 is 9.53 Å². The zero-order valence-electron chi connectivity index (χ0n) is 6.43. The number of nitrogens with two attached hydrogens (primary N) is 1. The summed E-state index contributed by atoms with van der Waals surface area (Å²) in [7, 11) is 0. The van der Waals surface area contributed by atoms with Crippen molar-refractivity contribution in [2.75, 3.05) is 12.3 Å². The number of hydrogen-bond acceptors (Lipinski definition) is 4. The second-order valence-electron chi connectivity index (χ2n) is 2.02. The molecule has 0 amide bonds. The molecule has 0 radical (unpaired) electrons. The lowest BCUT2D eigenvalue weighted by atomic mass is 10.7. The van der Waals surface area contributed by atoms with Gasteiger partial charge in [-0.3, -0.25) is 0 Å². The molecule has 0 spiro atoms. The van der Waals surface area contributed by atoms with Gasteiger partial charge >= 0.3 is 6.09 Å². The van der Waals surface area contributed by atoms with Crippen molar-refractivity contribution in [1.29, 1.82) is 0 Å². The highest BCUT2D eigenvalue weighted by Crippen LogP contribution is 1.99. The topological polar surface area (TPSA) is 70.1 Å². The van der Waals surface area contributed by atoms with Crippen LogP contribution in [0.15, 0.2) is 25.0 Å². The van der Waals surface area contributed by atoms with Gasteiger partial charge in [0.2, 0.25) is 5.95 Å². The summed E-state index contributed by atoms with van der Waals surface area (Å²) in [6.45, 7) is 3.57. The number of rotatable bonds is 2. The highest BCUT2D eigenvalue weighted by molar-refractivity contribution is 5.73. The van der Waals surface area contributed by atoms with Gasteiger partial charge < -0.3 is 10.5 Å². The Morgan fingerprint density at radius 3 is 3.17 bits per heavy atom. The molecule has 0 fully saturated rings. The van der Waals surface area contributed by atoms with Crippen LogP contribution in [0.4, 0.5) is 10.7 Å². The zero-order valence-corrected chi connectivity index (χ0v) is 6.43. The number of anilines is 1. The molecule has 2 N–H and O–H groups in total. The standard InChI is InChI=1S/C7H9N3O2/c1-2-5-12-7(11)10-4-3-9-6(10)8/h2-4H,1,5H2,(H2,8,9). The Kier molecular flexibility index (Phi) is 2.47. The van der Waals surface area contributed by atoms with E-state index in [1.165, 1.54) is 18.5 Å². The van der Waals surface area contributed by atoms with Gasteiger partial charge in [-0.1, -0.05) is 12.7 Å². The van der Waals surface area contributed by atoms with E-state index in [2.05, 4.69) is 11.6 Å². The molecule has 0 aliphatic carbocycles. The Hall–Kier alpha value is -1.78. The van der Waals surface area contributed by atoms with E-state index in [1.807, 2.05) is 0 Å². The molecule has 12 heavy (non-hydrogen) atoms. The van der Waals surface area contributed by atoms with E-state index in [0.29, 0.717) is 0 Å². The van der Waals surface area contributed by atoms with Gasteiger partial charge in [0.1, 0.15) is 6.61 Å². The van der Waals surface area contributed by atoms with E-state index in [-0.39, 0.29) is 12.6 Å². The summed E-state index contributed by atoms with van der Waals surface area (Å²) in [5.74, 6) is 0.115. The van der Waals surface area contributed by atoms with Crippen LogP contribution < -0.4 is 5.73 Å². The summed E-state index contributed by atoms with van der Waals surface area (Å²) in [5.41, 5.74) is 5.34. The number of carbonyl (C=O) groups is 1. The number of nitrogen functional groups attached to an aromatic ring is 1. The first-order valence-electron chi connectivity index (χ1n) is 3.32. The van der Waals surface area contributed by atoms with Crippen molar-refractivity contribution in [2.45, 2.75) is 0 Å². The van der Waals surface area contributed by atoms with Crippen LogP contribution in [0.5, 0.6) is 0 Å². The van der Waals surface area contributed by atoms with Gasteiger partial charge in [0.05, 0.1) is 0 Å². The fourth-order valence-corrected chi connectivity index (χ4v) is 0.669. The third-order valence-corrected chi connectivity index (χ3v) is 1.19. The van der Waals surface area contributed by atoms with E-state index >= 15 is 0 Å². The molecule has 0 saturated heterocycles. The predicted molar refractivity (Wildman–Crippen MR) is 43.6 cm³/mol. The maximum absolute atomic E-state index is 11.1. The van der Waals surface area contributed by atoms with Gasteiger partial charge in [-0.25, -0.2) is 14.3 Å². The molecule has 0 bridgehead atoms. The molecule has 1 aromatic rings. The van der Waals surface area contributed by atoms with E-state index < -0.39 is 6.09 Å². The number of nitrogens with zero attached hydrogens (tertiary/aromatic N) is 2. The molecule has 1 aromatic heterocycles. The van der Waals surface area contributed by atoms with Gasteiger partial charge in [0.25, 0.3) is 0 Å². The molecule has 5 heteroatoms. The summed E-state index contributed by atoms with van der Waals surface area (Å²) >= 11 is 0. The number of hydrogen-bond donors (Lipinski definition) is 1. The van der Waals surface area contributed by atoms with Crippen molar-refractivity contribution in [2.24, 2.45) is 0 Å². The SMILES string of the molecule is C=CCOC(=O)n1ccnc1N. The van der Waals surface area contributed by atoms with E-state index in [0.717, 1.165) is 4.57 Å². The molecule has 0 saturated carbocycles. The third kappa shape index (κ3) is 1.63. The van der Waals surface area contributed by atoms with Crippen molar-refractivity contribution in [3.8, 4) is 0 Å². The van der Waals surface area contributed by atoms with E-state index in [4.69, 9.17) is 10.5 Å². The third-order valence-electron chi connectivity index (χ3n) is 1.19. The molecule has 0 unspecified atom stereocenters. The van der Waals surface area contributed by atoms with Crippen molar-refractivity contribution in [1.82, 2.24) is 9.55 Å². The molecular formula is C7H9N3O2. The monoisotopic (exact) mass is 167 g/mol. The number of aromatic nitrogens is 2. The maximum atomic E-state index is 11.1. The molecule has 1 rings (SSSR count). The first kappa shape index (κ1) is 8.32.